The maximum absolute atomic E-state index is 11.0. The molecule has 0 radical (unpaired) electrons. The molecule has 5 heteroatoms. The molecule has 2 rings (SSSR count). The van der Waals surface area contributed by atoms with Gasteiger partial charge in [-0.2, -0.15) is 0 Å². The molecule has 0 spiro atoms. The van der Waals surface area contributed by atoms with Gasteiger partial charge in [0.2, 0.25) is 0 Å². The number of halogens is 1. The number of aromatic nitrogens is 2. The fourth-order valence-corrected chi connectivity index (χ4v) is 2.37. The van der Waals surface area contributed by atoms with Crippen LogP contribution in [0.4, 0.5) is 0 Å². The summed E-state index contributed by atoms with van der Waals surface area (Å²) >= 11 is 3.49. The first kappa shape index (κ1) is 12.8. The monoisotopic (exact) mass is 308 g/mol. The molecule has 1 heterocycles. The normalized spacial score (nSPS) is 10.6. The first-order valence-electron chi connectivity index (χ1n) is 5.56. The number of imidazole rings is 1. The minimum atomic E-state index is -0.974. The van der Waals surface area contributed by atoms with Gasteiger partial charge in [0.25, 0.3) is 0 Å². The summed E-state index contributed by atoms with van der Waals surface area (Å²) in [7, 11) is 1.81. The molecule has 0 atom stereocenters. The van der Waals surface area contributed by atoms with Crippen molar-refractivity contribution in [2.45, 2.75) is 12.8 Å². The van der Waals surface area contributed by atoms with Gasteiger partial charge in [0.15, 0.2) is 5.69 Å². The van der Waals surface area contributed by atoms with E-state index in [1.54, 1.807) is 10.9 Å². The van der Waals surface area contributed by atoms with Gasteiger partial charge in [-0.1, -0.05) is 34.1 Å². The summed E-state index contributed by atoms with van der Waals surface area (Å²) in [6, 6.07) is 7.94. The van der Waals surface area contributed by atoms with Crippen LogP contribution in [0.3, 0.4) is 0 Å². The Bertz CT molecular complexity index is 578. The number of nitrogens with zero attached hydrogens (tertiary/aromatic N) is 2. The smallest absolute Gasteiger partial charge is 0.356 e. The summed E-state index contributed by atoms with van der Waals surface area (Å²) in [6.07, 6.45) is 2.97. The molecule has 1 N–H and O–H groups in total. The van der Waals surface area contributed by atoms with Crippen LogP contribution in [0.15, 0.2) is 35.1 Å². The summed E-state index contributed by atoms with van der Waals surface area (Å²) in [6.45, 7) is 0. The second kappa shape index (κ2) is 5.35. The number of carbonyl (C=O) groups is 1. The predicted molar refractivity (Wildman–Crippen MR) is 71.7 cm³/mol. The van der Waals surface area contributed by atoms with Crippen LogP contribution < -0.4 is 0 Å². The number of aryl methyl sites for hydroxylation is 2. The molecule has 94 valence electrons. The van der Waals surface area contributed by atoms with Crippen LogP contribution in [0.2, 0.25) is 0 Å². The Morgan fingerprint density at radius 3 is 2.78 bits per heavy atom. The van der Waals surface area contributed by atoms with Crippen molar-refractivity contribution in [3.8, 4) is 0 Å². The van der Waals surface area contributed by atoms with Gasteiger partial charge in [0.1, 0.15) is 0 Å². The first-order chi connectivity index (χ1) is 8.59. The molecular formula is C13H13BrN2O2. The molecule has 0 saturated heterocycles. The van der Waals surface area contributed by atoms with Crippen molar-refractivity contribution < 1.29 is 9.90 Å². The Labute approximate surface area is 113 Å². The Kier molecular flexibility index (Phi) is 3.81. The van der Waals surface area contributed by atoms with E-state index in [1.807, 2.05) is 31.3 Å². The zero-order valence-electron chi connectivity index (χ0n) is 9.93. The fourth-order valence-electron chi connectivity index (χ4n) is 1.88. The quantitative estimate of drug-likeness (QED) is 0.944. The average Bonchev–Trinajstić information content (AvgIpc) is 2.70. The molecule has 0 fully saturated rings. The van der Waals surface area contributed by atoms with Gasteiger partial charge >= 0.3 is 5.97 Å². The second-order valence-corrected chi connectivity index (χ2v) is 4.90. The highest BCUT2D eigenvalue weighted by molar-refractivity contribution is 9.10. The van der Waals surface area contributed by atoms with Crippen LogP contribution >= 0.6 is 15.9 Å². The maximum Gasteiger partial charge on any atom is 0.356 e. The van der Waals surface area contributed by atoms with Crippen molar-refractivity contribution in [3.63, 3.8) is 0 Å². The lowest BCUT2D eigenvalue weighted by Crippen LogP contribution is -2.06. The van der Waals surface area contributed by atoms with Gasteiger partial charge in [-0.25, -0.2) is 9.78 Å². The van der Waals surface area contributed by atoms with E-state index in [9.17, 15) is 4.79 Å². The van der Waals surface area contributed by atoms with Crippen molar-refractivity contribution in [1.29, 1.82) is 0 Å². The van der Waals surface area contributed by atoms with Gasteiger partial charge in [0.05, 0.1) is 12.0 Å². The molecular weight excluding hydrogens is 296 g/mol. The average molecular weight is 309 g/mol. The lowest BCUT2D eigenvalue weighted by atomic mass is 10.1. The molecule has 0 aliphatic carbocycles. The Morgan fingerprint density at radius 1 is 1.39 bits per heavy atom. The summed E-state index contributed by atoms with van der Waals surface area (Å²) < 4.78 is 2.81. The number of rotatable bonds is 4. The summed E-state index contributed by atoms with van der Waals surface area (Å²) in [4.78, 5) is 14.9. The van der Waals surface area contributed by atoms with Crippen molar-refractivity contribution >= 4 is 21.9 Å². The maximum atomic E-state index is 11.0. The molecule has 0 aliphatic rings. The molecule has 0 bridgehead atoms. The van der Waals surface area contributed by atoms with Crippen molar-refractivity contribution in [3.05, 3.63) is 52.0 Å². The van der Waals surface area contributed by atoms with Crippen LogP contribution in [0.5, 0.6) is 0 Å². The van der Waals surface area contributed by atoms with E-state index < -0.39 is 5.97 Å². The van der Waals surface area contributed by atoms with E-state index in [4.69, 9.17) is 5.11 Å². The van der Waals surface area contributed by atoms with Crippen molar-refractivity contribution in [2.24, 2.45) is 7.05 Å². The molecule has 4 nitrogen and oxygen atoms in total. The summed E-state index contributed by atoms with van der Waals surface area (Å²) in [5.74, 6) is -0.974. The third kappa shape index (κ3) is 2.61. The third-order valence-electron chi connectivity index (χ3n) is 2.85. The molecule has 0 amide bonds. The van der Waals surface area contributed by atoms with Crippen LogP contribution in [-0.2, 0) is 19.9 Å². The van der Waals surface area contributed by atoms with Crippen molar-refractivity contribution in [2.75, 3.05) is 0 Å². The van der Waals surface area contributed by atoms with Crippen LogP contribution in [-0.4, -0.2) is 20.6 Å². The molecule has 0 unspecified atom stereocenters. The van der Waals surface area contributed by atoms with E-state index in [-0.39, 0.29) is 5.69 Å². The standard InChI is InChI=1S/C13H13BrN2O2/c1-16-8-15-12(13(17)18)11(16)7-6-9-4-2-3-5-10(9)14/h2-5,8H,6-7H2,1H3,(H,17,18). The van der Waals surface area contributed by atoms with E-state index in [1.165, 1.54) is 0 Å². The topological polar surface area (TPSA) is 55.1 Å². The lowest BCUT2D eigenvalue weighted by Gasteiger charge is -2.06. The molecule has 2 aromatic rings. The molecule has 0 aliphatic heterocycles. The number of aromatic carboxylic acids is 1. The molecule has 1 aromatic heterocycles. The molecule has 0 saturated carbocycles. The Balaban J connectivity index is 2.18. The van der Waals surface area contributed by atoms with Crippen molar-refractivity contribution in [1.82, 2.24) is 9.55 Å². The first-order valence-corrected chi connectivity index (χ1v) is 6.35. The largest absolute Gasteiger partial charge is 0.476 e. The Hall–Kier alpha value is -1.62. The van der Waals surface area contributed by atoms with Gasteiger partial charge in [-0.3, -0.25) is 0 Å². The van der Waals surface area contributed by atoms with E-state index >= 15 is 0 Å². The number of carboxylic acids is 1. The highest BCUT2D eigenvalue weighted by Crippen LogP contribution is 2.18. The van der Waals surface area contributed by atoms with Gasteiger partial charge in [-0.15, -0.1) is 0 Å². The zero-order chi connectivity index (χ0) is 13.1. The zero-order valence-corrected chi connectivity index (χ0v) is 11.5. The number of benzene rings is 1. The van der Waals surface area contributed by atoms with Gasteiger partial charge in [0, 0.05) is 11.5 Å². The fraction of sp³-hybridized carbons (Fsp3) is 0.231. The minimum Gasteiger partial charge on any atom is -0.476 e. The second-order valence-electron chi connectivity index (χ2n) is 4.05. The van der Waals surface area contributed by atoms with Crippen LogP contribution in [0, 0.1) is 0 Å². The highest BCUT2D eigenvalue weighted by atomic mass is 79.9. The number of hydrogen-bond donors (Lipinski definition) is 1. The SMILES string of the molecule is Cn1cnc(C(=O)O)c1CCc1ccccc1Br. The minimum absolute atomic E-state index is 0.143. The predicted octanol–water partition coefficient (Wildman–Crippen LogP) is 2.67. The third-order valence-corrected chi connectivity index (χ3v) is 3.62. The lowest BCUT2D eigenvalue weighted by molar-refractivity contribution is 0.0689. The highest BCUT2D eigenvalue weighted by Gasteiger charge is 2.15. The van der Waals surface area contributed by atoms with E-state index in [2.05, 4.69) is 20.9 Å². The van der Waals surface area contributed by atoms with Crippen LogP contribution in [0.1, 0.15) is 21.7 Å². The summed E-state index contributed by atoms with van der Waals surface area (Å²) in [5.41, 5.74) is 2.05. The molecule has 18 heavy (non-hydrogen) atoms. The molecule has 1 aromatic carbocycles. The number of carboxylic acid groups (broad SMARTS) is 1. The van der Waals surface area contributed by atoms with Crippen LogP contribution in [0.25, 0.3) is 0 Å². The Morgan fingerprint density at radius 2 is 2.11 bits per heavy atom. The van der Waals surface area contributed by atoms with Gasteiger partial charge in [-0.05, 0) is 24.5 Å². The van der Waals surface area contributed by atoms with Gasteiger partial charge < -0.3 is 9.67 Å². The van der Waals surface area contributed by atoms with E-state index in [0.717, 1.165) is 22.2 Å². The summed E-state index contributed by atoms with van der Waals surface area (Å²) in [5, 5.41) is 9.05. The van der Waals surface area contributed by atoms with E-state index in [0.29, 0.717) is 6.42 Å². The number of hydrogen-bond acceptors (Lipinski definition) is 2.